The minimum Gasteiger partial charge on any atom is -0.444 e. The van der Waals surface area contributed by atoms with Gasteiger partial charge in [0.05, 0.1) is 13.0 Å². The molecule has 2 aromatic carbocycles. The number of hydrogen-bond acceptors (Lipinski definition) is 5. The fourth-order valence-corrected chi connectivity index (χ4v) is 5.29. The van der Waals surface area contributed by atoms with E-state index in [1.165, 1.54) is 0 Å². The zero-order chi connectivity index (χ0) is 28.2. The Morgan fingerprint density at radius 2 is 1.62 bits per heavy atom. The molecule has 9 nitrogen and oxygen atoms in total. The lowest BCUT2D eigenvalue weighted by atomic mass is 10.1. The average Bonchev–Trinajstić information content (AvgIpc) is 3.31. The van der Waals surface area contributed by atoms with Crippen molar-refractivity contribution in [3.05, 3.63) is 66.2 Å². The summed E-state index contributed by atoms with van der Waals surface area (Å²) in [5.41, 5.74) is 0.862. The van der Waals surface area contributed by atoms with E-state index in [9.17, 15) is 19.2 Å². The maximum absolute atomic E-state index is 14.0. The summed E-state index contributed by atoms with van der Waals surface area (Å²) >= 11 is 0. The van der Waals surface area contributed by atoms with Gasteiger partial charge in [-0.25, -0.2) is 4.79 Å². The van der Waals surface area contributed by atoms with Crippen molar-refractivity contribution in [3.63, 3.8) is 0 Å². The van der Waals surface area contributed by atoms with E-state index < -0.39 is 23.8 Å². The molecule has 0 bridgehead atoms. The first-order valence-corrected chi connectivity index (χ1v) is 13.5. The van der Waals surface area contributed by atoms with E-state index in [4.69, 9.17) is 4.74 Å². The summed E-state index contributed by atoms with van der Waals surface area (Å²) < 4.78 is 5.43. The maximum Gasteiger partial charge on any atom is 0.408 e. The predicted molar refractivity (Wildman–Crippen MR) is 148 cm³/mol. The maximum atomic E-state index is 14.0. The number of amides is 4. The fourth-order valence-electron chi connectivity index (χ4n) is 5.29. The highest BCUT2D eigenvalue weighted by atomic mass is 16.6. The van der Waals surface area contributed by atoms with Crippen LogP contribution in [-0.4, -0.2) is 77.5 Å². The van der Waals surface area contributed by atoms with E-state index in [0.29, 0.717) is 25.8 Å². The average molecular weight is 535 g/mol. The number of carbonyl (C=O) groups is 4. The third-order valence-corrected chi connectivity index (χ3v) is 7.19. The molecule has 0 radical (unpaired) electrons. The highest BCUT2D eigenvalue weighted by molar-refractivity contribution is 6.00. The molecule has 3 atom stereocenters. The van der Waals surface area contributed by atoms with Crippen LogP contribution in [0.2, 0.25) is 0 Å². The predicted octanol–water partition coefficient (Wildman–Crippen LogP) is 3.38. The van der Waals surface area contributed by atoms with Crippen LogP contribution in [-0.2, 0) is 25.5 Å². The largest absolute Gasteiger partial charge is 0.444 e. The van der Waals surface area contributed by atoms with E-state index in [-0.39, 0.29) is 36.7 Å². The number of ether oxygens (including phenoxy) is 1. The number of alkyl carbamates (subject to hydrolysis) is 1. The topological polar surface area (TPSA) is 99.3 Å². The Bertz CT molecular complexity index is 1180. The van der Waals surface area contributed by atoms with Crippen molar-refractivity contribution < 1.29 is 23.9 Å². The number of carbonyl (C=O) groups excluding carboxylic acids is 4. The van der Waals surface area contributed by atoms with Crippen LogP contribution in [0.3, 0.4) is 0 Å². The monoisotopic (exact) mass is 534 g/mol. The fraction of sp³-hybridized carbons (Fsp3) is 0.467. The molecule has 0 aromatic heterocycles. The Kier molecular flexibility index (Phi) is 8.57. The summed E-state index contributed by atoms with van der Waals surface area (Å²) in [4.78, 5) is 58.5. The lowest BCUT2D eigenvalue weighted by Gasteiger charge is -2.39. The van der Waals surface area contributed by atoms with Gasteiger partial charge in [-0.1, -0.05) is 48.5 Å². The van der Waals surface area contributed by atoms with Crippen molar-refractivity contribution in [3.8, 4) is 0 Å². The number of para-hydroxylation sites is 1. The number of nitrogens with one attached hydrogen (secondary N) is 1. The van der Waals surface area contributed by atoms with Crippen LogP contribution < -0.4 is 10.2 Å². The minimum absolute atomic E-state index is 0.00238. The quantitative estimate of drug-likeness (QED) is 0.634. The number of anilines is 1. The molecular weight excluding hydrogens is 496 g/mol. The van der Waals surface area contributed by atoms with Crippen molar-refractivity contribution in [2.75, 3.05) is 25.0 Å². The number of fused-ring (bicyclic) bond motifs is 1. The molecule has 2 aliphatic heterocycles. The number of likely N-dealkylation sites (N-methyl/N-ethyl adjacent to an activating group) is 1. The van der Waals surface area contributed by atoms with Crippen molar-refractivity contribution in [1.29, 1.82) is 0 Å². The molecule has 2 saturated heterocycles. The molecule has 4 amide bonds. The van der Waals surface area contributed by atoms with Gasteiger partial charge in [0, 0.05) is 25.3 Å². The molecular formula is C30H38N4O5. The van der Waals surface area contributed by atoms with Crippen molar-refractivity contribution in [2.45, 2.75) is 70.2 Å². The van der Waals surface area contributed by atoms with Gasteiger partial charge < -0.3 is 24.8 Å². The second-order valence-corrected chi connectivity index (χ2v) is 11.2. The molecule has 2 aromatic rings. The third kappa shape index (κ3) is 6.96. The van der Waals surface area contributed by atoms with Crippen molar-refractivity contribution >= 4 is 29.5 Å². The Balaban J connectivity index is 1.57. The number of rotatable bonds is 5. The van der Waals surface area contributed by atoms with E-state index in [1.807, 2.05) is 60.7 Å². The SMILES string of the molecule is CN(C(=O)[C@@H]1CC[C@@H]2CCN(C(=O)Cc3ccccc3)C[C@H](NC(=O)OC(C)(C)C)C(=O)N21)c1ccccc1. The molecule has 2 fully saturated rings. The summed E-state index contributed by atoms with van der Waals surface area (Å²) in [5.74, 6) is -0.668. The Labute approximate surface area is 230 Å². The zero-order valence-electron chi connectivity index (χ0n) is 23.1. The third-order valence-electron chi connectivity index (χ3n) is 7.19. The van der Waals surface area contributed by atoms with Gasteiger partial charge in [0.15, 0.2) is 0 Å². The molecule has 2 heterocycles. The first-order valence-electron chi connectivity index (χ1n) is 13.5. The van der Waals surface area contributed by atoms with Gasteiger partial charge in [-0.15, -0.1) is 0 Å². The second kappa shape index (κ2) is 11.9. The number of benzene rings is 2. The lowest BCUT2D eigenvalue weighted by molar-refractivity contribution is -0.144. The van der Waals surface area contributed by atoms with Crippen molar-refractivity contribution in [1.82, 2.24) is 15.1 Å². The number of nitrogens with zero attached hydrogens (tertiary/aromatic N) is 3. The van der Waals surface area contributed by atoms with Crippen LogP contribution in [0.15, 0.2) is 60.7 Å². The molecule has 1 N–H and O–H groups in total. The second-order valence-electron chi connectivity index (χ2n) is 11.2. The summed E-state index contributed by atoms with van der Waals surface area (Å²) in [6.07, 6.45) is 1.18. The smallest absolute Gasteiger partial charge is 0.408 e. The highest BCUT2D eigenvalue weighted by Gasteiger charge is 2.46. The van der Waals surface area contributed by atoms with E-state index in [1.54, 1.807) is 42.5 Å². The summed E-state index contributed by atoms with van der Waals surface area (Å²) in [5, 5.41) is 2.70. The first kappa shape index (κ1) is 28.1. The summed E-state index contributed by atoms with van der Waals surface area (Å²) in [6, 6.07) is 16.8. The lowest BCUT2D eigenvalue weighted by Crippen LogP contribution is -2.61. The van der Waals surface area contributed by atoms with E-state index >= 15 is 0 Å². The first-order chi connectivity index (χ1) is 18.5. The van der Waals surface area contributed by atoms with Gasteiger partial charge >= 0.3 is 6.09 Å². The van der Waals surface area contributed by atoms with Gasteiger partial charge in [-0.2, -0.15) is 0 Å². The Hall–Kier alpha value is -3.88. The minimum atomic E-state index is -1.04. The summed E-state index contributed by atoms with van der Waals surface area (Å²) in [6.45, 7) is 5.65. The zero-order valence-corrected chi connectivity index (χ0v) is 23.1. The molecule has 2 aliphatic rings. The van der Waals surface area contributed by atoms with Crippen LogP contribution in [0.25, 0.3) is 0 Å². The van der Waals surface area contributed by atoms with Crippen LogP contribution in [0.4, 0.5) is 10.5 Å². The standard InChI is InChI=1S/C30H38N4O5/c1-30(2,3)39-29(38)31-24-20-33(26(35)19-21-11-7-5-8-12-21)18-17-23-15-16-25(34(23)27(24)36)28(37)32(4)22-13-9-6-10-14-22/h5-14,23-25H,15-20H2,1-4H3,(H,31,38)/t23-,24+,25+/m1/s1. The Morgan fingerprint density at radius 3 is 2.26 bits per heavy atom. The summed E-state index contributed by atoms with van der Waals surface area (Å²) in [7, 11) is 1.71. The number of hydrogen-bond donors (Lipinski definition) is 1. The van der Waals surface area contributed by atoms with Crippen LogP contribution in [0.5, 0.6) is 0 Å². The van der Waals surface area contributed by atoms with Crippen LogP contribution in [0, 0.1) is 0 Å². The van der Waals surface area contributed by atoms with Crippen LogP contribution in [0.1, 0.15) is 45.6 Å². The van der Waals surface area contributed by atoms with Gasteiger partial charge in [0.25, 0.3) is 0 Å². The van der Waals surface area contributed by atoms with Gasteiger partial charge in [0.2, 0.25) is 17.7 Å². The van der Waals surface area contributed by atoms with E-state index in [2.05, 4.69) is 5.32 Å². The molecule has 0 spiro atoms. The van der Waals surface area contributed by atoms with E-state index in [0.717, 1.165) is 11.3 Å². The van der Waals surface area contributed by atoms with Gasteiger partial charge in [0.1, 0.15) is 17.7 Å². The molecule has 208 valence electrons. The van der Waals surface area contributed by atoms with Gasteiger partial charge in [-0.3, -0.25) is 14.4 Å². The Morgan fingerprint density at radius 1 is 0.974 bits per heavy atom. The molecule has 0 unspecified atom stereocenters. The highest BCUT2D eigenvalue weighted by Crippen LogP contribution is 2.31. The molecule has 9 heteroatoms. The molecule has 0 saturated carbocycles. The normalized spacial score (nSPS) is 21.4. The molecule has 39 heavy (non-hydrogen) atoms. The van der Waals surface area contributed by atoms with Crippen LogP contribution >= 0.6 is 0 Å². The van der Waals surface area contributed by atoms with Gasteiger partial charge in [-0.05, 0) is 57.7 Å². The van der Waals surface area contributed by atoms with Crippen molar-refractivity contribution in [2.24, 2.45) is 0 Å². The molecule has 4 rings (SSSR count). The molecule has 0 aliphatic carbocycles.